The van der Waals surface area contributed by atoms with Gasteiger partial charge in [0, 0.05) is 12.0 Å². The van der Waals surface area contributed by atoms with Crippen molar-refractivity contribution in [2.45, 2.75) is 160 Å². The predicted molar refractivity (Wildman–Crippen MR) is 160 cm³/mol. The SMILES string of the molecule is CCCCCCCCCCCCC/C=C/[C@@H](O)[C@H](COC1OC=C(CO)C(O)C1O)NC(=O)CCCCCCC. The first-order chi connectivity index (χ1) is 19.4. The Labute approximate surface area is 243 Å². The summed E-state index contributed by atoms with van der Waals surface area (Å²) in [4.78, 5) is 12.6. The van der Waals surface area contributed by atoms with Gasteiger partial charge in [0.15, 0.2) is 0 Å². The van der Waals surface area contributed by atoms with Gasteiger partial charge in [-0.2, -0.15) is 0 Å². The summed E-state index contributed by atoms with van der Waals surface area (Å²) in [6.07, 6.45) is 20.5. The molecule has 0 saturated carbocycles. The third-order valence-electron chi connectivity index (χ3n) is 7.53. The van der Waals surface area contributed by atoms with Gasteiger partial charge in [-0.3, -0.25) is 4.79 Å². The second-order valence-electron chi connectivity index (χ2n) is 11.2. The van der Waals surface area contributed by atoms with Crippen LogP contribution in [0.15, 0.2) is 24.0 Å². The average Bonchev–Trinajstić information content (AvgIpc) is 2.95. The van der Waals surface area contributed by atoms with Crippen LogP contribution in [0.1, 0.15) is 129 Å². The van der Waals surface area contributed by atoms with Crippen LogP contribution in [0.3, 0.4) is 0 Å². The van der Waals surface area contributed by atoms with E-state index in [9.17, 15) is 25.2 Å². The van der Waals surface area contributed by atoms with Crippen LogP contribution in [-0.2, 0) is 14.3 Å². The number of hydrogen-bond acceptors (Lipinski definition) is 7. The molecule has 1 rings (SSSR count). The standard InChI is InChI=1S/C32H59NO7/c1-3-5-7-9-10-11-12-13-14-15-16-18-19-21-28(35)27(33-29(36)22-20-17-8-6-4-2)25-40-32-31(38)30(37)26(23-34)24-39-32/h19,21,24,27-28,30-32,34-35,37-38H,3-18,20,22-23,25H2,1-2H3,(H,33,36)/b21-19+/t27-,28+,30?,31?,32?/m0/s1. The van der Waals surface area contributed by atoms with Crippen molar-refractivity contribution in [2.24, 2.45) is 0 Å². The Morgan fingerprint density at radius 3 is 2.05 bits per heavy atom. The van der Waals surface area contributed by atoms with Crippen LogP contribution in [0.25, 0.3) is 0 Å². The van der Waals surface area contributed by atoms with Crippen molar-refractivity contribution in [2.75, 3.05) is 13.2 Å². The van der Waals surface area contributed by atoms with Gasteiger partial charge in [-0.05, 0) is 19.3 Å². The van der Waals surface area contributed by atoms with E-state index in [1.807, 2.05) is 6.08 Å². The van der Waals surface area contributed by atoms with Gasteiger partial charge < -0.3 is 35.2 Å². The molecule has 0 spiro atoms. The number of rotatable bonds is 25. The number of unbranched alkanes of at least 4 members (excludes halogenated alkanes) is 15. The fraction of sp³-hybridized carbons (Fsp3) is 0.844. The molecule has 234 valence electrons. The lowest BCUT2D eigenvalue weighted by atomic mass is 10.0. The van der Waals surface area contributed by atoms with E-state index in [2.05, 4.69) is 19.2 Å². The third-order valence-corrected chi connectivity index (χ3v) is 7.53. The summed E-state index contributed by atoms with van der Waals surface area (Å²) < 4.78 is 11.0. The molecule has 8 heteroatoms. The number of allylic oxidation sites excluding steroid dienone is 1. The van der Waals surface area contributed by atoms with Gasteiger partial charge in [-0.1, -0.05) is 116 Å². The van der Waals surface area contributed by atoms with Crippen molar-refractivity contribution < 1.29 is 34.7 Å². The highest BCUT2D eigenvalue weighted by Gasteiger charge is 2.35. The molecule has 0 radical (unpaired) electrons. The van der Waals surface area contributed by atoms with Gasteiger partial charge in [0.05, 0.1) is 31.6 Å². The molecule has 0 aromatic carbocycles. The fourth-order valence-electron chi connectivity index (χ4n) is 4.83. The van der Waals surface area contributed by atoms with Crippen LogP contribution in [0.4, 0.5) is 0 Å². The first-order valence-corrected chi connectivity index (χ1v) is 16.0. The second-order valence-corrected chi connectivity index (χ2v) is 11.2. The maximum absolute atomic E-state index is 12.6. The van der Waals surface area contributed by atoms with Gasteiger partial charge in [0.25, 0.3) is 0 Å². The molecule has 0 aliphatic carbocycles. The molecule has 40 heavy (non-hydrogen) atoms. The number of aliphatic hydroxyl groups excluding tert-OH is 4. The number of carbonyl (C=O) groups excluding carboxylic acids is 1. The number of nitrogens with one attached hydrogen (secondary N) is 1. The number of hydrogen-bond donors (Lipinski definition) is 5. The average molecular weight is 570 g/mol. The molecule has 0 bridgehead atoms. The zero-order valence-corrected chi connectivity index (χ0v) is 25.3. The predicted octanol–water partition coefficient (Wildman–Crippen LogP) is 5.42. The molecule has 1 aliphatic heterocycles. The summed E-state index contributed by atoms with van der Waals surface area (Å²) in [5.74, 6) is -0.157. The smallest absolute Gasteiger partial charge is 0.228 e. The Morgan fingerprint density at radius 2 is 1.48 bits per heavy atom. The quantitative estimate of drug-likeness (QED) is 0.0733. The number of ether oxygens (including phenoxy) is 2. The highest BCUT2D eigenvalue weighted by atomic mass is 16.7. The Hall–Kier alpha value is -1.45. The van der Waals surface area contributed by atoms with Crippen LogP contribution in [0.2, 0.25) is 0 Å². The lowest BCUT2D eigenvalue weighted by Gasteiger charge is -2.33. The summed E-state index contributed by atoms with van der Waals surface area (Å²) in [5.41, 5.74) is 0.158. The molecule has 1 aliphatic rings. The van der Waals surface area contributed by atoms with Gasteiger partial charge in [-0.25, -0.2) is 0 Å². The Kier molecular flexibility index (Phi) is 22.1. The van der Waals surface area contributed by atoms with Crippen molar-refractivity contribution in [3.8, 4) is 0 Å². The van der Waals surface area contributed by atoms with E-state index < -0.39 is 37.3 Å². The zero-order chi connectivity index (χ0) is 29.4. The van der Waals surface area contributed by atoms with Gasteiger partial charge >= 0.3 is 0 Å². The van der Waals surface area contributed by atoms with Gasteiger partial charge in [0.1, 0.15) is 12.2 Å². The normalized spacial score (nSPS) is 20.8. The highest BCUT2D eigenvalue weighted by molar-refractivity contribution is 5.76. The van der Waals surface area contributed by atoms with Crippen LogP contribution < -0.4 is 5.32 Å². The Bertz CT molecular complexity index is 684. The molecule has 5 N–H and O–H groups in total. The summed E-state index contributed by atoms with van der Waals surface area (Å²) in [7, 11) is 0. The van der Waals surface area contributed by atoms with Crippen LogP contribution in [0, 0.1) is 0 Å². The molecule has 3 unspecified atom stereocenters. The van der Waals surface area contributed by atoms with E-state index >= 15 is 0 Å². The molecule has 0 fully saturated rings. The lowest BCUT2D eigenvalue weighted by molar-refractivity contribution is -0.203. The molecule has 0 aromatic heterocycles. The van der Waals surface area contributed by atoms with Crippen molar-refractivity contribution in [3.63, 3.8) is 0 Å². The van der Waals surface area contributed by atoms with Crippen molar-refractivity contribution in [1.29, 1.82) is 0 Å². The first-order valence-electron chi connectivity index (χ1n) is 16.0. The first kappa shape index (κ1) is 36.6. The fourth-order valence-corrected chi connectivity index (χ4v) is 4.83. The summed E-state index contributed by atoms with van der Waals surface area (Å²) in [6.45, 7) is 3.85. The van der Waals surface area contributed by atoms with Crippen LogP contribution in [-0.4, -0.2) is 70.2 Å². The molecule has 5 atom stereocenters. The molecule has 0 saturated heterocycles. The molecule has 8 nitrogen and oxygen atoms in total. The van der Waals surface area contributed by atoms with E-state index in [0.29, 0.717) is 6.42 Å². The topological polar surface area (TPSA) is 128 Å². The van der Waals surface area contributed by atoms with Crippen molar-refractivity contribution in [1.82, 2.24) is 5.32 Å². The summed E-state index contributed by atoms with van der Waals surface area (Å²) in [6, 6.07) is -0.729. The maximum Gasteiger partial charge on any atom is 0.228 e. The van der Waals surface area contributed by atoms with Crippen molar-refractivity contribution >= 4 is 5.91 Å². The number of aliphatic hydroxyl groups is 4. The molecule has 1 amide bonds. The highest BCUT2D eigenvalue weighted by Crippen LogP contribution is 2.20. The zero-order valence-electron chi connectivity index (χ0n) is 25.3. The Morgan fingerprint density at radius 1 is 0.925 bits per heavy atom. The van der Waals surface area contributed by atoms with Crippen LogP contribution in [0.5, 0.6) is 0 Å². The van der Waals surface area contributed by atoms with Gasteiger partial charge in [-0.15, -0.1) is 0 Å². The van der Waals surface area contributed by atoms with Crippen LogP contribution >= 0.6 is 0 Å². The minimum atomic E-state index is -1.39. The van der Waals surface area contributed by atoms with Crippen molar-refractivity contribution in [3.05, 3.63) is 24.0 Å². The van der Waals surface area contributed by atoms with E-state index in [4.69, 9.17) is 9.47 Å². The monoisotopic (exact) mass is 569 g/mol. The molecule has 1 heterocycles. The molecular formula is C32H59NO7. The Balaban J connectivity index is 2.45. The number of amides is 1. The third kappa shape index (κ3) is 16.7. The maximum atomic E-state index is 12.6. The largest absolute Gasteiger partial charge is 0.469 e. The minimum Gasteiger partial charge on any atom is -0.469 e. The number of carbonyl (C=O) groups is 1. The second kappa shape index (κ2) is 24.2. The van der Waals surface area contributed by atoms with E-state index in [0.717, 1.165) is 44.9 Å². The van der Waals surface area contributed by atoms with Gasteiger partial charge in [0.2, 0.25) is 12.2 Å². The summed E-state index contributed by atoms with van der Waals surface area (Å²) in [5, 5.41) is 43.3. The van der Waals surface area contributed by atoms with E-state index in [1.165, 1.54) is 70.5 Å². The molecular weight excluding hydrogens is 510 g/mol. The molecule has 0 aromatic rings. The summed E-state index contributed by atoms with van der Waals surface area (Å²) >= 11 is 0. The van der Waals surface area contributed by atoms with E-state index in [1.54, 1.807) is 6.08 Å². The lowest BCUT2D eigenvalue weighted by Crippen LogP contribution is -2.50. The van der Waals surface area contributed by atoms with E-state index in [-0.39, 0.29) is 18.1 Å². The minimum absolute atomic E-state index is 0.109.